The third-order valence-electron chi connectivity index (χ3n) is 3.08. The summed E-state index contributed by atoms with van der Waals surface area (Å²) in [5.74, 6) is 0.162. The van der Waals surface area contributed by atoms with Crippen LogP contribution in [0, 0.1) is 0 Å². The Morgan fingerprint density at radius 3 is 2.55 bits per heavy atom. The zero-order chi connectivity index (χ0) is 16.1. The number of halogens is 2. The van der Waals surface area contributed by atoms with Gasteiger partial charge in [-0.15, -0.1) is 0 Å². The van der Waals surface area contributed by atoms with Gasteiger partial charge >= 0.3 is 0 Å². The number of benzene rings is 1. The Balaban J connectivity index is 2.07. The van der Waals surface area contributed by atoms with E-state index in [0.29, 0.717) is 27.2 Å². The number of hydrogen-bond donors (Lipinski definition) is 2. The Morgan fingerprint density at radius 2 is 1.95 bits per heavy atom. The van der Waals surface area contributed by atoms with Crippen molar-refractivity contribution in [2.75, 3.05) is 5.32 Å². The van der Waals surface area contributed by atoms with Gasteiger partial charge in [0.25, 0.3) is 5.91 Å². The number of nitrogens with one attached hydrogen (secondary N) is 2. The molecule has 1 aromatic heterocycles. The fourth-order valence-electron chi connectivity index (χ4n) is 1.63. The molecule has 0 aliphatic heterocycles. The summed E-state index contributed by atoms with van der Waals surface area (Å²) in [4.78, 5) is 20.2. The number of carbonyl (C=O) groups is 1. The van der Waals surface area contributed by atoms with E-state index in [-0.39, 0.29) is 11.9 Å². The minimum Gasteiger partial charge on any atom is -0.350 e. The Bertz CT molecular complexity index is 661. The van der Waals surface area contributed by atoms with E-state index in [1.54, 1.807) is 18.2 Å². The van der Waals surface area contributed by atoms with Gasteiger partial charge in [0.2, 0.25) is 5.95 Å². The Kier molecular flexibility index (Phi) is 5.57. The van der Waals surface area contributed by atoms with E-state index in [4.69, 9.17) is 23.2 Å². The lowest BCUT2D eigenvalue weighted by Crippen LogP contribution is -2.32. The molecule has 2 rings (SSSR count). The van der Waals surface area contributed by atoms with E-state index < -0.39 is 0 Å². The lowest BCUT2D eigenvalue weighted by Gasteiger charge is -2.11. The largest absolute Gasteiger partial charge is 0.350 e. The maximum Gasteiger partial charge on any atom is 0.254 e. The standard InChI is InChI=1S/C15H16Cl2N4O/c1-3-9(2)20-14(22)10-7-18-15(19-8-10)21-13-5-4-11(16)6-12(13)17/h4-9H,3H2,1-2H3,(H,20,22)(H,18,19,21). The molecule has 7 heteroatoms. The van der Waals surface area contributed by atoms with Crippen LogP contribution in [0.15, 0.2) is 30.6 Å². The normalized spacial score (nSPS) is 11.8. The van der Waals surface area contributed by atoms with E-state index >= 15 is 0 Å². The summed E-state index contributed by atoms with van der Waals surface area (Å²) in [5.41, 5.74) is 1.05. The van der Waals surface area contributed by atoms with Crippen molar-refractivity contribution in [2.45, 2.75) is 26.3 Å². The molecule has 0 aliphatic rings. The van der Waals surface area contributed by atoms with E-state index in [2.05, 4.69) is 20.6 Å². The van der Waals surface area contributed by atoms with Gasteiger partial charge in [0.05, 0.1) is 16.3 Å². The monoisotopic (exact) mass is 338 g/mol. The topological polar surface area (TPSA) is 66.9 Å². The summed E-state index contributed by atoms with van der Waals surface area (Å²) in [6.07, 6.45) is 3.80. The molecule has 1 amide bonds. The zero-order valence-electron chi connectivity index (χ0n) is 12.2. The molecule has 1 unspecified atom stereocenters. The minimum absolute atomic E-state index is 0.109. The smallest absolute Gasteiger partial charge is 0.254 e. The summed E-state index contributed by atoms with van der Waals surface area (Å²) in [5, 5.41) is 6.85. The Labute approximate surface area is 139 Å². The van der Waals surface area contributed by atoms with Crippen molar-refractivity contribution in [2.24, 2.45) is 0 Å². The van der Waals surface area contributed by atoms with Crippen molar-refractivity contribution in [3.8, 4) is 0 Å². The molecule has 0 saturated heterocycles. The fraction of sp³-hybridized carbons (Fsp3) is 0.267. The lowest BCUT2D eigenvalue weighted by atomic mass is 10.2. The quantitative estimate of drug-likeness (QED) is 0.862. The highest BCUT2D eigenvalue weighted by Crippen LogP contribution is 2.26. The van der Waals surface area contributed by atoms with E-state index in [9.17, 15) is 4.79 Å². The third-order valence-corrected chi connectivity index (χ3v) is 3.63. The maximum absolute atomic E-state index is 11.9. The zero-order valence-corrected chi connectivity index (χ0v) is 13.7. The van der Waals surface area contributed by atoms with E-state index in [1.165, 1.54) is 12.4 Å². The van der Waals surface area contributed by atoms with Gasteiger partial charge in [-0.1, -0.05) is 30.1 Å². The van der Waals surface area contributed by atoms with Gasteiger partial charge in [-0.25, -0.2) is 9.97 Å². The summed E-state index contributed by atoms with van der Waals surface area (Å²) >= 11 is 11.9. The molecule has 2 aromatic rings. The SMILES string of the molecule is CCC(C)NC(=O)c1cnc(Nc2ccc(Cl)cc2Cl)nc1. The Morgan fingerprint density at radius 1 is 1.27 bits per heavy atom. The number of amides is 1. The van der Waals surface area contributed by atoms with Crippen molar-refractivity contribution in [1.29, 1.82) is 0 Å². The van der Waals surface area contributed by atoms with Crippen LogP contribution in [-0.4, -0.2) is 21.9 Å². The molecule has 0 fully saturated rings. The molecule has 22 heavy (non-hydrogen) atoms. The number of carbonyl (C=O) groups excluding carboxylic acids is 1. The molecular weight excluding hydrogens is 323 g/mol. The number of anilines is 2. The summed E-state index contributed by atoms with van der Waals surface area (Å²) < 4.78 is 0. The predicted molar refractivity (Wildman–Crippen MR) is 89.0 cm³/mol. The van der Waals surface area contributed by atoms with Crippen molar-refractivity contribution in [3.63, 3.8) is 0 Å². The molecule has 116 valence electrons. The number of aromatic nitrogens is 2. The van der Waals surface area contributed by atoms with Gasteiger partial charge < -0.3 is 10.6 Å². The maximum atomic E-state index is 11.9. The molecule has 0 saturated carbocycles. The molecule has 0 radical (unpaired) electrons. The number of nitrogens with zero attached hydrogens (tertiary/aromatic N) is 2. The Hall–Kier alpha value is -1.85. The van der Waals surface area contributed by atoms with Crippen molar-refractivity contribution in [1.82, 2.24) is 15.3 Å². The molecule has 0 spiro atoms. The third kappa shape index (κ3) is 4.32. The second-order valence-corrected chi connectivity index (χ2v) is 5.67. The van der Waals surface area contributed by atoms with Crippen LogP contribution in [0.2, 0.25) is 10.0 Å². The molecule has 1 atom stereocenters. The van der Waals surface area contributed by atoms with Crippen molar-refractivity contribution < 1.29 is 4.79 Å². The highest BCUT2D eigenvalue weighted by atomic mass is 35.5. The lowest BCUT2D eigenvalue weighted by molar-refractivity contribution is 0.0938. The van der Waals surface area contributed by atoms with Crippen LogP contribution in [0.5, 0.6) is 0 Å². The molecule has 0 aliphatic carbocycles. The second kappa shape index (κ2) is 7.42. The second-order valence-electron chi connectivity index (χ2n) is 4.83. The van der Waals surface area contributed by atoms with Crippen LogP contribution in [0.4, 0.5) is 11.6 Å². The number of hydrogen-bond acceptors (Lipinski definition) is 4. The first-order valence-corrected chi connectivity index (χ1v) is 7.60. The molecule has 5 nitrogen and oxygen atoms in total. The highest BCUT2D eigenvalue weighted by Gasteiger charge is 2.10. The molecule has 2 N–H and O–H groups in total. The van der Waals surface area contributed by atoms with Crippen LogP contribution in [-0.2, 0) is 0 Å². The molecular formula is C15H16Cl2N4O. The average Bonchev–Trinajstić information content (AvgIpc) is 2.50. The van der Waals surface area contributed by atoms with E-state index in [1.807, 2.05) is 13.8 Å². The van der Waals surface area contributed by atoms with E-state index in [0.717, 1.165) is 6.42 Å². The molecule has 1 aromatic carbocycles. The summed E-state index contributed by atoms with van der Waals surface area (Å²) in [6.45, 7) is 3.95. The highest BCUT2D eigenvalue weighted by molar-refractivity contribution is 6.36. The van der Waals surface area contributed by atoms with Crippen LogP contribution in [0.1, 0.15) is 30.6 Å². The average molecular weight is 339 g/mol. The number of rotatable bonds is 5. The van der Waals surface area contributed by atoms with Gasteiger partial charge in [-0.3, -0.25) is 4.79 Å². The molecule has 1 heterocycles. The fourth-order valence-corrected chi connectivity index (χ4v) is 2.09. The first kappa shape index (κ1) is 16.5. The van der Waals surface area contributed by atoms with Gasteiger partial charge in [0.15, 0.2) is 0 Å². The van der Waals surface area contributed by atoms with Crippen molar-refractivity contribution in [3.05, 3.63) is 46.2 Å². The van der Waals surface area contributed by atoms with Gasteiger partial charge in [0, 0.05) is 23.5 Å². The minimum atomic E-state index is -0.189. The van der Waals surface area contributed by atoms with Crippen LogP contribution in [0.25, 0.3) is 0 Å². The van der Waals surface area contributed by atoms with Crippen LogP contribution < -0.4 is 10.6 Å². The summed E-state index contributed by atoms with van der Waals surface area (Å²) in [6, 6.07) is 5.18. The van der Waals surface area contributed by atoms with Gasteiger partial charge in [-0.2, -0.15) is 0 Å². The molecule has 0 bridgehead atoms. The first-order valence-electron chi connectivity index (χ1n) is 6.84. The van der Waals surface area contributed by atoms with Crippen LogP contribution >= 0.6 is 23.2 Å². The predicted octanol–water partition coefficient (Wildman–Crippen LogP) is 4.06. The van der Waals surface area contributed by atoms with Crippen LogP contribution in [0.3, 0.4) is 0 Å². The summed E-state index contributed by atoms with van der Waals surface area (Å²) in [7, 11) is 0. The first-order chi connectivity index (χ1) is 10.5. The van der Waals surface area contributed by atoms with Gasteiger partial charge in [0.1, 0.15) is 0 Å². The van der Waals surface area contributed by atoms with Crippen molar-refractivity contribution >= 4 is 40.7 Å². The van der Waals surface area contributed by atoms with Gasteiger partial charge in [-0.05, 0) is 31.5 Å².